The third-order valence-electron chi connectivity index (χ3n) is 19.4. The fraction of sp³-hybridized carbons (Fsp3) is 0.855. The highest BCUT2D eigenvalue weighted by Crippen LogP contribution is 2.27. The van der Waals surface area contributed by atoms with Gasteiger partial charge in [0.05, 0.1) is 105 Å². The van der Waals surface area contributed by atoms with Crippen LogP contribution in [0.4, 0.5) is 0 Å². The number of aliphatic hydroxyl groups excluding tert-OH is 11. The van der Waals surface area contributed by atoms with Crippen molar-refractivity contribution in [2.24, 2.45) is 0 Å². The van der Waals surface area contributed by atoms with Crippen molar-refractivity contribution in [3.05, 3.63) is 0 Å². The number of hydrogen-bond acceptors (Lipinski definition) is 35. The van der Waals surface area contributed by atoms with Crippen LogP contribution in [-0.4, -0.2) is 408 Å². The van der Waals surface area contributed by atoms with Gasteiger partial charge in [0.1, 0.15) is 97.4 Å². The standard InChI is InChI=1S/C76H135N11O35/c1-47(92)84-63-69(106)66(103)53(40-89)120-73(63)116-28-7-4-13-56(96)77-21-10-24-80-59(99)18-31-113-44-76(87-62(102)43-112-38-37-111-36-35-110-34-27-83-72(109)51-17-16-50(95)52(39-88)119-51,45-114-32-19-60(100)81-25-11-22-78-57(97)14-5-8-29-117-74-64(85-48(2)93)70(107)67(104)54(41-90)121-74)46-115-33-20-61(101)82-26-12-23-79-58(98)15-6-9-30-118-75-65(86-49(3)94)71(108)68(105)55(42-91)122-75/h50-55,63-71,73-75,88-91,95,103-108H,4-46H2,1-3H3,(H,77,96)(H,78,97)(H,79,98)(H,80,99)(H,81,100)(H,82,101)(H,83,109)(H,84,92)(H,85,93)(H,86,94)(H,87,102)/t50-,51+,52+,53?,54?,55?,63?,64?,65?,66?,67?,68?,69?,70?,71?,73?,74?,75?,76?/m0/s1. The fourth-order valence-corrected chi connectivity index (χ4v) is 12.8. The van der Waals surface area contributed by atoms with E-state index in [2.05, 4.69) is 58.5 Å². The van der Waals surface area contributed by atoms with Crippen LogP contribution in [0.1, 0.15) is 130 Å². The molecule has 4 aliphatic rings. The first kappa shape index (κ1) is 108. The van der Waals surface area contributed by atoms with E-state index in [9.17, 15) is 109 Å². The summed E-state index contributed by atoms with van der Waals surface area (Å²) in [5.41, 5.74) is -1.57. The summed E-state index contributed by atoms with van der Waals surface area (Å²) in [6, 6.07) is -3.33. The molecular formula is C76H135N11O35. The maximum Gasteiger partial charge on any atom is 0.249 e. The molecule has 4 rings (SSSR count). The molecule has 46 nitrogen and oxygen atoms in total. The summed E-state index contributed by atoms with van der Waals surface area (Å²) in [6.07, 6.45) is -14.6. The van der Waals surface area contributed by atoms with Crippen LogP contribution in [0.3, 0.4) is 0 Å². The van der Waals surface area contributed by atoms with Crippen LogP contribution in [0.5, 0.6) is 0 Å². The Kier molecular flexibility index (Phi) is 55.0. The van der Waals surface area contributed by atoms with Gasteiger partial charge in [0.25, 0.3) is 0 Å². The van der Waals surface area contributed by atoms with Gasteiger partial charge in [-0.25, -0.2) is 0 Å². The molecule has 4 fully saturated rings. The molecule has 22 N–H and O–H groups in total. The number of ether oxygens (including phenoxy) is 13. The van der Waals surface area contributed by atoms with Gasteiger partial charge < -0.3 is 176 Å². The lowest BCUT2D eigenvalue weighted by Crippen LogP contribution is -2.64. The first-order chi connectivity index (χ1) is 58.5. The van der Waals surface area contributed by atoms with Gasteiger partial charge in [0.15, 0.2) is 18.9 Å². The second-order valence-electron chi connectivity index (χ2n) is 29.7. The highest BCUT2D eigenvalue weighted by Gasteiger charge is 2.48. The molecule has 0 spiro atoms. The predicted molar refractivity (Wildman–Crippen MR) is 421 cm³/mol. The Hall–Kier alpha value is -6.79. The molecule has 0 aromatic rings. The summed E-state index contributed by atoms with van der Waals surface area (Å²) in [5.74, 6) is -4.68. The molecule has 4 heterocycles. The number of carbonyl (C=O) groups is 11. The smallest absolute Gasteiger partial charge is 0.249 e. The zero-order valence-corrected chi connectivity index (χ0v) is 70.0. The number of amides is 11. The normalized spacial score (nSPS) is 25.7. The molecule has 4 saturated heterocycles. The number of carbonyl (C=O) groups excluding carboxylic acids is 11. The van der Waals surface area contributed by atoms with Gasteiger partial charge in [0, 0.05) is 125 Å². The Morgan fingerprint density at radius 2 is 0.639 bits per heavy atom. The number of rotatable bonds is 65. The number of nitrogens with one attached hydrogen (secondary N) is 11. The summed E-state index contributed by atoms with van der Waals surface area (Å²) < 4.78 is 74.2. The van der Waals surface area contributed by atoms with Crippen LogP contribution < -0.4 is 58.5 Å². The molecule has 11 amide bonds. The Morgan fingerprint density at radius 3 is 0.967 bits per heavy atom. The van der Waals surface area contributed by atoms with Gasteiger partial charge in [-0.05, 0) is 70.6 Å². The number of aliphatic hydroxyl groups is 11. The summed E-state index contributed by atoms with van der Waals surface area (Å²) in [4.78, 5) is 139. The molecule has 18 atom stereocenters. The van der Waals surface area contributed by atoms with E-state index >= 15 is 0 Å². The maximum absolute atomic E-state index is 13.9. The molecule has 0 bridgehead atoms. The molecule has 0 saturated carbocycles. The zero-order valence-electron chi connectivity index (χ0n) is 70.0. The van der Waals surface area contributed by atoms with Crippen LogP contribution in [0.2, 0.25) is 0 Å². The first-order valence-electron chi connectivity index (χ1n) is 41.7. The Morgan fingerprint density at radius 1 is 0.320 bits per heavy atom. The molecule has 4 aliphatic heterocycles. The van der Waals surface area contributed by atoms with E-state index in [0.717, 1.165) is 0 Å². The summed E-state index contributed by atoms with van der Waals surface area (Å²) in [5, 5.41) is 140. The van der Waals surface area contributed by atoms with Gasteiger partial charge in [-0.1, -0.05) is 0 Å². The van der Waals surface area contributed by atoms with E-state index in [-0.39, 0.29) is 201 Å². The Bertz CT molecular complexity index is 2790. The van der Waals surface area contributed by atoms with Crippen molar-refractivity contribution in [2.45, 2.75) is 246 Å². The second kappa shape index (κ2) is 62.4. The highest BCUT2D eigenvalue weighted by atomic mass is 16.7. The molecule has 15 unspecified atom stereocenters. The number of unbranched alkanes of at least 4 members (excludes halogenated alkanes) is 3. The average Bonchev–Trinajstić information content (AvgIpc) is 0.816. The molecule has 0 aromatic heterocycles. The van der Waals surface area contributed by atoms with Crippen molar-refractivity contribution in [2.75, 3.05) is 171 Å². The molecule has 122 heavy (non-hydrogen) atoms. The minimum atomic E-state index is -1.57. The largest absolute Gasteiger partial charge is 0.394 e. The Labute approximate surface area is 708 Å². The van der Waals surface area contributed by atoms with Crippen molar-refractivity contribution in [3.63, 3.8) is 0 Å². The lowest BCUT2D eigenvalue weighted by Gasteiger charge is -2.42. The van der Waals surface area contributed by atoms with Crippen LogP contribution in [0.15, 0.2) is 0 Å². The van der Waals surface area contributed by atoms with Gasteiger partial charge in [0.2, 0.25) is 65.0 Å². The molecule has 46 heteroatoms. The fourth-order valence-electron chi connectivity index (χ4n) is 12.8. The molecule has 0 aromatic carbocycles. The van der Waals surface area contributed by atoms with E-state index in [1.165, 1.54) is 20.8 Å². The minimum Gasteiger partial charge on any atom is -0.394 e. The summed E-state index contributed by atoms with van der Waals surface area (Å²) >= 11 is 0. The number of hydrogen-bond donors (Lipinski definition) is 22. The van der Waals surface area contributed by atoms with Gasteiger partial charge in [-0.15, -0.1) is 0 Å². The van der Waals surface area contributed by atoms with Crippen molar-refractivity contribution < 1.29 is 170 Å². The van der Waals surface area contributed by atoms with Gasteiger partial charge in [-0.2, -0.15) is 0 Å². The van der Waals surface area contributed by atoms with Gasteiger partial charge >= 0.3 is 0 Å². The minimum absolute atomic E-state index is 0.0356. The third-order valence-corrected chi connectivity index (χ3v) is 19.4. The van der Waals surface area contributed by atoms with Crippen molar-refractivity contribution >= 4 is 65.0 Å². The zero-order chi connectivity index (χ0) is 89.6. The van der Waals surface area contributed by atoms with E-state index in [4.69, 9.17) is 61.6 Å². The molecule has 0 radical (unpaired) electrons. The lowest BCUT2D eigenvalue weighted by atomic mass is 9.97. The summed E-state index contributed by atoms with van der Waals surface area (Å²) in [6.45, 7) is 1.13. The van der Waals surface area contributed by atoms with Crippen LogP contribution in [-0.2, 0) is 114 Å². The SMILES string of the molecule is CC(=O)NC1C(OCCCCC(=O)NCCCNC(=O)CCOCC(COCCC(=O)NCCCNC(=O)CCCCOC2OC(CO)C(O)C(O)C2NC(C)=O)(COCCC(=O)NCCCNC(=O)CCCCOC2OC(CO)C(O)C(O)C2NC(C)=O)NC(=O)COCCOCCOCCNC(=O)[C@H]2CC[C@H](O)[C@@H](CO)O2)OC(CO)C(O)C1O. The van der Waals surface area contributed by atoms with Crippen molar-refractivity contribution in [1.82, 2.24) is 58.5 Å². The van der Waals surface area contributed by atoms with Crippen molar-refractivity contribution in [3.8, 4) is 0 Å². The van der Waals surface area contributed by atoms with Gasteiger partial charge in [-0.3, -0.25) is 52.7 Å². The average molecular weight is 1760 g/mol. The maximum atomic E-state index is 13.9. The Balaban J connectivity index is 1.30. The third kappa shape index (κ3) is 43.4. The molecule has 704 valence electrons. The topological polar surface area (TPSA) is 663 Å². The van der Waals surface area contributed by atoms with E-state index < -0.39 is 196 Å². The molecular weight excluding hydrogens is 1630 g/mol. The highest BCUT2D eigenvalue weighted by molar-refractivity contribution is 5.81. The molecule has 0 aliphatic carbocycles. The lowest BCUT2D eigenvalue weighted by molar-refractivity contribution is -0.270. The monoisotopic (exact) mass is 1760 g/mol. The van der Waals surface area contributed by atoms with Crippen LogP contribution in [0, 0.1) is 0 Å². The van der Waals surface area contributed by atoms with Crippen molar-refractivity contribution in [1.29, 1.82) is 0 Å². The predicted octanol–water partition coefficient (Wildman–Crippen LogP) is -9.61. The van der Waals surface area contributed by atoms with Crippen LogP contribution >= 0.6 is 0 Å². The second-order valence-corrected chi connectivity index (χ2v) is 29.7. The van der Waals surface area contributed by atoms with Crippen LogP contribution in [0.25, 0.3) is 0 Å². The van der Waals surface area contributed by atoms with E-state index in [1.54, 1.807) is 0 Å². The quantitative estimate of drug-likeness (QED) is 0.0251. The van der Waals surface area contributed by atoms with E-state index in [0.29, 0.717) is 64.2 Å². The van der Waals surface area contributed by atoms with E-state index in [1.807, 2.05) is 0 Å². The first-order valence-corrected chi connectivity index (χ1v) is 41.7. The summed E-state index contributed by atoms with van der Waals surface area (Å²) in [7, 11) is 0.